The highest BCUT2D eigenvalue weighted by Crippen LogP contribution is 2.12. The second kappa shape index (κ2) is 4.07. The van der Waals surface area contributed by atoms with Crippen molar-refractivity contribution in [2.75, 3.05) is 18.1 Å². The van der Waals surface area contributed by atoms with Gasteiger partial charge in [0.1, 0.15) is 17.6 Å². The lowest BCUT2D eigenvalue weighted by molar-refractivity contribution is 0.507. The average Bonchev–Trinajstić information content (AvgIpc) is 2.30. The van der Waals surface area contributed by atoms with Gasteiger partial charge in [-0.25, -0.2) is 10.4 Å². The van der Waals surface area contributed by atoms with E-state index < -0.39 is 0 Å². The molecule has 0 amide bonds. The fourth-order valence-electron chi connectivity index (χ4n) is 1.52. The number of hydrazine groups is 1. The third-order valence-electron chi connectivity index (χ3n) is 2.24. The number of aromatic nitrogens is 1. The van der Waals surface area contributed by atoms with Crippen molar-refractivity contribution < 1.29 is 0 Å². The molecule has 4 nitrogen and oxygen atoms in total. The van der Waals surface area contributed by atoms with Crippen LogP contribution in [0.3, 0.4) is 0 Å². The van der Waals surface area contributed by atoms with Gasteiger partial charge in [-0.15, -0.1) is 0 Å². The maximum Gasteiger partial charge on any atom is 0.144 e. The molecule has 1 aromatic rings. The quantitative estimate of drug-likeness (QED) is 0.716. The van der Waals surface area contributed by atoms with Gasteiger partial charge in [-0.2, -0.15) is 5.26 Å². The van der Waals surface area contributed by atoms with Gasteiger partial charge in [-0.3, -0.25) is 5.01 Å². The molecule has 2 rings (SSSR count). The topological polar surface area (TPSA) is 52.0 Å². The molecular weight excluding hydrogens is 176 g/mol. The molecule has 1 aliphatic heterocycles. The van der Waals surface area contributed by atoms with Crippen LogP contribution in [0.15, 0.2) is 18.2 Å². The van der Waals surface area contributed by atoms with Gasteiger partial charge < -0.3 is 0 Å². The first-order chi connectivity index (χ1) is 6.90. The standard InChI is InChI=1S/C10H12N4/c11-8-9-4-3-5-10(13-9)14-7-2-1-6-12-14/h3-5,12H,1-2,6-7H2. The van der Waals surface area contributed by atoms with Crippen molar-refractivity contribution in [2.45, 2.75) is 12.8 Å². The average molecular weight is 188 g/mol. The molecule has 1 N–H and O–H groups in total. The third-order valence-corrected chi connectivity index (χ3v) is 2.24. The lowest BCUT2D eigenvalue weighted by Gasteiger charge is -2.28. The van der Waals surface area contributed by atoms with Crippen LogP contribution in [0.2, 0.25) is 0 Å². The van der Waals surface area contributed by atoms with Gasteiger partial charge >= 0.3 is 0 Å². The minimum Gasteiger partial charge on any atom is -0.292 e. The zero-order valence-corrected chi connectivity index (χ0v) is 7.90. The number of rotatable bonds is 1. The maximum atomic E-state index is 8.71. The first-order valence-corrected chi connectivity index (χ1v) is 4.78. The largest absolute Gasteiger partial charge is 0.292 e. The van der Waals surface area contributed by atoms with Crippen LogP contribution in [0, 0.1) is 11.3 Å². The van der Waals surface area contributed by atoms with E-state index in [1.54, 1.807) is 6.07 Å². The van der Waals surface area contributed by atoms with Crippen molar-refractivity contribution in [3.8, 4) is 6.07 Å². The van der Waals surface area contributed by atoms with Crippen molar-refractivity contribution in [3.05, 3.63) is 23.9 Å². The van der Waals surface area contributed by atoms with Crippen molar-refractivity contribution in [1.29, 1.82) is 5.26 Å². The summed E-state index contributed by atoms with van der Waals surface area (Å²) < 4.78 is 0. The molecule has 0 aliphatic carbocycles. The molecule has 14 heavy (non-hydrogen) atoms. The Morgan fingerprint density at radius 1 is 1.43 bits per heavy atom. The van der Waals surface area contributed by atoms with E-state index in [9.17, 15) is 0 Å². The van der Waals surface area contributed by atoms with E-state index in [4.69, 9.17) is 5.26 Å². The summed E-state index contributed by atoms with van der Waals surface area (Å²) in [4.78, 5) is 4.22. The predicted octanol–water partition coefficient (Wildman–Crippen LogP) is 1.06. The zero-order chi connectivity index (χ0) is 9.80. The Kier molecular flexibility index (Phi) is 2.61. The lowest BCUT2D eigenvalue weighted by atomic mass is 10.2. The Bertz CT molecular complexity index is 349. The van der Waals surface area contributed by atoms with E-state index in [1.807, 2.05) is 23.2 Å². The predicted molar refractivity (Wildman–Crippen MR) is 53.5 cm³/mol. The molecule has 1 saturated heterocycles. The molecule has 1 aliphatic rings. The van der Waals surface area contributed by atoms with Crippen LogP contribution < -0.4 is 10.4 Å². The SMILES string of the molecule is N#Cc1cccc(N2CCCCN2)n1. The summed E-state index contributed by atoms with van der Waals surface area (Å²) in [7, 11) is 0. The molecular formula is C10H12N4. The molecule has 1 aromatic heterocycles. The summed E-state index contributed by atoms with van der Waals surface area (Å²) in [5.41, 5.74) is 3.72. The highest BCUT2D eigenvalue weighted by Gasteiger charge is 2.11. The van der Waals surface area contributed by atoms with Crippen molar-refractivity contribution in [3.63, 3.8) is 0 Å². The molecule has 0 bridgehead atoms. The second-order valence-corrected chi connectivity index (χ2v) is 3.26. The van der Waals surface area contributed by atoms with E-state index >= 15 is 0 Å². The summed E-state index contributed by atoms with van der Waals surface area (Å²) >= 11 is 0. The minimum absolute atomic E-state index is 0.467. The molecule has 72 valence electrons. The molecule has 2 heterocycles. The number of hydrogen-bond acceptors (Lipinski definition) is 4. The van der Waals surface area contributed by atoms with E-state index in [1.165, 1.54) is 12.8 Å². The Morgan fingerprint density at radius 2 is 2.36 bits per heavy atom. The zero-order valence-electron chi connectivity index (χ0n) is 7.90. The number of nitriles is 1. The Morgan fingerprint density at radius 3 is 3.07 bits per heavy atom. The van der Waals surface area contributed by atoms with Gasteiger partial charge in [-0.1, -0.05) is 6.07 Å². The van der Waals surface area contributed by atoms with Crippen LogP contribution >= 0.6 is 0 Å². The van der Waals surface area contributed by atoms with E-state index in [0.29, 0.717) is 5.69 Å². The molecule has 0 saturated carbocycles. The fourth-order valence-corrected chi connectivity index (χ4v) is 1.52. The first-order valence-electron chi connectivity index (χ1n) is 4.78. The smallest absolute Gasteiger partial charge is 0.144 e. The lowest BCUT2D eigenvalue weighted by Crippen LogP contribution is -2.43. The molecule has 0 spiro atoms. The first kappa shape index (κ1) is 8.97. The van der Waals surface area contributed by atoms with Gasteiger partial charge in [0.2, 0.25) is 0 Å². The molecule has 4 heteroatoms. The number of pyridine rings is 1. The monoisotopic (exact) mass is 188 g/mol. The second-order valence-electron chi connectivity index (χ2n) is 3.26. The van der Waals surface area contributed by atoms with Crippen LogP contribution in [-0.2, 0) is 0 Å². The number of anilines is 1. The van der Waals surface area contributed by atoms with E-state index in [2.05, 4.69) is 10.4 Å². The minimum atomic E-state index is 0.467. The number of hydrogen-bond donors (Lipinski definition) is 1. The summed E-state index contributed by atoms with van der Waals surface area (Å²) in [6, 6.07) is 7.53. The van der Waals surface area contributed by atoms with Gasteiger partial charge in [0, 0.05) is 13.1 Å². The molecule has 0 atom stereocenters. The number of nitrogens with zero attached hydrogens (tertiary/aromatic N) is 3. The van der Waals surface area contributed by atoms with Gasteiger partial charge in [0.15, 0.2) is 0 Å². The Labute approximate surface area is 83.1 Å². The summed E-state index contributed by atoms with van der Waals surface area (Å²) in [5, 5.41) is 10.7. The highest BCUT2D eigenvalue weighted by atomic mass is 15.5. The summed E-state index contributed by atoms with van der Waals surface area (Å²) in [5.74, 6) is 0.837. The van der Waals surface area contributed by atoms with Gasteiger partial charge in [-0.05, 0) is 25.0 Å². The molecule has 0 aromatic carbocycles. The van der Waals surface area contributed by atoms with Crippen molar-refractivity contribution >= 4 is 5.82 Å². The maximum absolute atomic E-state index is 8.71. The van der Waals surface area contributed by atoms with Crippen LogP contribution in [0.5, 0.6) is 0 Å². The van der Waals surface area contributed by atoms with Gasteiger partial charge in [0.05, 0.1) is 0 Å². The van der Waals surface area contributed by atoms with Crippen LogP contribution in [-0.4, -0.2) is 18.1 Å². The fraction of sp³-hybridized carbons (Fsp3) is 0.400. The normalized spacial score (nSPS) is 16.4. The van der Waals surface area contributed by atoms with Gasteiger partial charge in [0.25, 0.3) is 0 Å². The highest BCUT2D eigenvalue weighted by molar-refractivity contribution is 5.40. The van der Waals surface area contributed by atoms with Crippen LogP contribution in [0.25, 0.3) is 0 Å². The van der Waals surface area contributed by atoms with Crippen LogP contribution in [0.1, 0.15) is 18.5 Å². The molecule has 0 unspecified atom stereocenters. The Balaban J connectivity index is 2.18. The van der Waals surface area contributed by atoms with E-state index in [-0.39, 0.29) is 0 Å². The van der Waals surface area contributed by atoms with Crippen molar-refractivity contribution in [1.82, 2.24) is 10.4 Å². The Hall–Kier alpha value is -1.60. The summed E-state index contributed by atoms with van der Waals surface area (Å²) in [6.07, 6.45) is 2.37. The molecule has 0 radical (unpaired) electrons. The van der Waals surface area contributed by atoms with Crippen LogP contribution in [0.4, 0.5) is 5.82 Å². The third kappa shape index (κ3) is 1.83. The summed E-state index contributed by atoms with van der Waals surface area (Å²) in [6.45, 7) is 1.94. The number of nitrogens with one attached hydrogen (secondary N) is 1. The van der Waals surface area contributed by atoms with Crippen molar-refractivity contribution in [2.24, 2.45) is 0 Å². The molecule has 1 fully saturated rings. The van der Waals surface area contributed by atoms with E-state index in [0.717, 1.165) is 18.9 Å².